The zero-order valence-electron chi connectivity index (χ0n) is 11.9. The van der Waals surface area contributed by atoms with Crippen LogP contribution < -0.4 is 5.32 Å². The minimum Gasteiger partial charge on any atom is -0.481 e. The lowest BCUT2D eigenvalue weighted by molar-refractivity contribution is -0.144. The maximum atomic E-state index is 10.9. The molecule has 0 aromatic carbocycles. The molecule has 0 aromatic rings. The zero-order valence-corrected chi connectivity index (χ0v) is 11.9. The van der Waals surface area contributed by atoms with Gasteiger partial charge in [-0.05, 0) is 51.4 Å². The topological polar surface area (TPSA) is 69.6 Å². The fraction of sp³-hybridized carbons (Fsp3) is 0.933. The lowest BCUT2D eigenvalue weighted by Gasteiger charge is -2.36. The molecular weight excluding hydrogens is 242 g/mol. The molecule has 4 nitrogen and oxygen atoms in total. The molecule has 0 unspecified atom stereocenters. The molecule has 2 aliphatic carbocycles. The highest BCUT2D eigenvalue weighted by Crippen LogP contribution is 2.33. The summed E-state index contributed by atoms with van der Waals surface area (Å²) in [6.45, 7) is 2.82. The van der Waals surface area contributed by atoms with E-state index in [0.29, 0.717) is 38.3 Å². The second kappa shape index (κ2) is 6.23. The molecule has 0 aromatic heterocycles. The van der Waals surface area contributed by atoms with E-state index in [2.05, 4.69) is 12.2 Å². The Bertz CT molecular complexity index is 305. The van der Waals surface area contributed by atoms with Crippen LogP contribution in [-0.4, -0.2) is 34.4 Å². The Labute approximate surface area is 115 Å². The van der Waals surface area contributed by atoms with Gasteiger partial charge in [0.25, 0.3) is 0 Å². The molecule has 0 bridgehead atoms. The number of carboxylic acid groups (broad SMARTS) is 1. The number of aliphatic carboxylic acids is 1. The molecular formula is C15H27NO3. The van der Waals surface area contributed by atoms with Crippen LogP contribution in [0.15, 0.2) is 0 Å². The van der Waals surface area contributed by atoms with Gasteiger partial charge in [-0.1, -0.05) is 12.8 Å². The van der Waals surface area contributed by atoms with Crippen LogP contribution in [0, 0.1) is 11.8 Å². The highest BCUT2D eigenvalue weighted by Gasteiger charge is 2.36. The van der Waals surface area contributed by atoms with Gasteiger partial charge in [0.2, 0.25) is 0 Å². The first kappa shape index (κ1) is 14.8. The molecule has 0 amide bonds. The molecule has 2 rings (SSSR count). The second-order valence-electron chi connectivity index (χ2n) is 6.55. The van der Waals surface area contributed by atoms with Gasteiger partial charge in [0.1, 0.15) is 0 Å². The minimum absolute atomic E-state index is 0.257. The summed E-state index contributed by atoms with van der Waals surface area (Å²) in [5.74, 6) is -0.221. The molecule has 110 valence electrons. The first-order chi connectivity index (χ1) is 9.00. The molecule has 2 saturated carbocycles. The molecule has 1 atom stereocenters. The van der Waals surface area contributed by atoms with Crippen molar-refractivity contribution in [3.63, 3.8) is 0 Å². The van der Waals surface area contributed by atoms with E-state index in [1.807, 2.05) is 0 Å². The fourth-order valence-corrected chi connectivity index (χ4v) is 3.55. The summed E-state index contributed by atoms with van der Waals surface area (Å²) < 4.78 is 0. The third-order valence-corrected chi connectivity index (χ3v) is 5.13. The van der Waals surface area contributed by atoms with Gasteiger partial charge < -0.3 is 15.5 Å². The van der Waals surface area contributed by atoms with Gasteiger partial charge >= 0.3 is 5.97 Å². The number of carbonyl (C=O) groups is 1. The third kappa shape index (κ3) is 3.93. The number of hydrogen-bond donors (Lipinski definition) is 3. The van der Waals surface area contributed by atoms with Gasteiger partial charge in [-0.15, -0.1) is 0 Å². The second-order valence-corrected chi connectivity index (χ2v) is 6.55. The molecule has 2 fully saturated rings. The number of hydrogen-bond acceptors (Lipinski definition) is 3. The third-order valence-electron chi connectivity index (χ3n) is 5.13. The Morgan fingerprint density at radius 2 is 1.84 bits per heavy atom. The van der Waals surface area contributed by atoms with E-state index in [0.717, 1.165) is 5.92 Å². The normalized spacial score (nSPS) is 34.3. The van der Waals surface area contributed by atoms with Crippen molar-refractivity contribution in [1.29, 1.82) is 0 Å². The van der Waals surface area contributed by atoms with Crippen molar-refractivity contribution < 1.29 is 15.0 Å². The largest absolute Gasteiger partial charge is 0.481 e. The van der Waals surface area contributed by atoms with E-state index in [4.69, 9.17) is 5.11 Å². The van der Waals surface area contributed by atoms with E-state index in [-0.39, 0.29) is 5.92 Å². The lowest BCUT2D eigenvalue weighted by Crippen LogP contribution is -2.48. The van der Waals surface area contributed by atoms with Crippen LogP contribution in [-0.2, 0) is 4.79 Å². The van der Waals surface area contributed by atoms with Crippen molar-refractivity contribution >= 4 is 5.97 Å². The summed E-state index contributed by atoms with van der Waals surface area (Å²) in [6, 6.07) is 0.462. The summed E-state index contributed by atoms with van der Waals surface area (Å²) in [6.07, 6.45) is 7.68. The first-order valence-electron chi connectivity index (χ1n) is 7.69. The number of carboxylic acids is 1. The molecule has 0 aliphatic heterocycles. The van der Waals surface area contributed by atoms with Crippen LogP contribution in [0.4, 0.5) is 0 Å². The average Bonchev–Trinajstić information content (AvgIpc) is 2.90. The summed E-state index contributed by atoms with van der Waals surface area (Å²) in [4.78, 5) is 10.9. The predicted octanol–water partition coefficient (Wildman–Crippen LogP) is 2.16. The van der Waals surface area contributed by atoms with Gasteiger partial charge in [0, 0.05) is 12.6 Å². The molecule has 0 spiro atoms. The minimum atomic E-state index is -0.714. The summed E-state index contributed by atoms with van der Waals surface area (Å²) in [5, 5.41) is 23.0. The van der Waals surface area contributed by atoms with E-state index >= 15 is 0 Å². The Morgan fingerprint density at radius 1 is 1.26 bits per heavy atom. The van der Waals surface area contributed by atoms with Gasteiger partial charge in [-0.3, -0.25) is 4.79 Å². The van der Waals surface area contributed by atoms with Crippen molar-refractivity contribution in [3.05, 3.63) is 0 Å². The predicted molar refractivity (Wildman–Crippen MR) is 74.0 cm³/mol. The number of aliphatic hydroxyl groups is 1. The van der Waals surface area contributed by atoms with Crippen molar-refractivity contribution in [2.24, 2.45) is 11.8 Å². The quantitative estimate of drug-likeness (QED) is 0.715. The Kier molecular flexibility index (Phi) is 4.85. The Hall–Kier alpha value is -0.610. The monoisotopic (exact) mass is 269 g/mol. The smallest absolute Gasteiger partial charge is 0.306 e. The first-order valence-corrected chi connectivity index (χ1v) is 7.69. The van der Waals surface area contributed by atoms with Crippen LogP contribution in [0.1, 0.15) is 58.3 Å². The molecule has 19 heavy (non-hydrogen) atoms. The summed E-state index contributed by atoms with van der Waals surface area (Å²) in [7, 11) is 0. The summed E-state index contributed by atoms with van der Waals surface area (Å²) in [5.41, 5.74) is -0.696. The van der Waals surface area contributed by atoms with E-state index in [1.165, 1.54) is 25.7 Å². The lowest BCUT2D eigenvalue weighted by atomic mass is 9.78. The van der Waals surface area contributed by atoms with Crippen LogP contribution >= 0.6 is 0 Å². The number of nitrogens with one attached hydrogen (secondary N) is 1. The maximum Gasteiger partial charge on any atom is 0.306 e. The van der Waals surface area contributed by atoms with Crippen molar-refractivity contribution in [2.75, 3.05) is 6.54 Å². The molecule has 2 aliphatic rings. The van der Waals surface area contributed by atoms with Crippen LogP contribution in [0.5, 0.6) is 0 Å². The average molecular weight is 269 g/mol. The molecule has 0 saturated heterocycles. The molecule has 3 N–H and O–H groups in total. The van der Waals surface area contributed by atoms with Gasteiger partial charge in [0.05, 0.1) is 11.5 Å². The molecule has 4 heteroatoms. The highest BCUT2D eigenvalue weighted by atomic mass is 16.4. The molecule has 0 heterocycles. The van der Waals surface area contributed by atoms with Crippen molar-refractivity contribution in [3.8, 4) is 0 Å². The highest BCUT2D eigenvalue weighted by molar-refractivity contribution is 5.70. The van der Waals surface area contributed by atoms with Crippen LogP contribution in [0.25, 0.3) is 0 Å². The Balaban J connectivity index is 1.74. The summed E-state index contributed by atoms with van der Waals surface area (Å²) >= 11 is 0. The SMILES string of the molecule is C[C@@H](NCC1(O)CCC(C(=O)O)CC1)C1CCCC1. The van der Waals surface area contributed by atoms with Gasteiger partial charge in [-0.2, -0.15) is 0 Å². The molecule has 0 radical (unpaired) electrons. The van der Waals surface area contributed by atoms with Crippen LogP contribution in [0.2, 0.25) is 0 Å². The van der Waals surface area contributed by atoms with Gasteiger partial charge in [0.15, 0.2) is 0 Å². The standard InChI is InChI=1S/C15H27NO3/c1-11(12-4-2-3-5-12)16-10-15(19)8-6-13(7-9-15)14(17)18/h11-13,16,19H,2-10H2,1H3,(H,17,18)/t11-,13?,15?/m1/s1. The van der Waals surface area contributed by atoms with E-state index < -0.39 is 11.6 Å². The van der Waals surface area contributed by atoms with Gasteiger partial charge in [-0.25, -0.2) is 0 Å². The van der Waals surface area contributed by atoms with Crippen molar-refractivity contribution in [1.82, 2.24) is 5.32 Å². The number of rotatable bonds is 5. The Morgan fingerprint density at radius 3 is 2.37 bits per heavy atom. The fourth-order valence-electron chi connectivity index (χ4n) is 3.55. The zero-order chi connectivity index (χ0) is 13.9. The van der Waals surface area contributed by atoms with E-state index in [1.54, 1.807) is 0 Å². The van der Waals surface area contributed by atoms with Crippen LogP contribution in [0.3, 0.4) is 0 Å². The van der Waals surface area contributed by atoms with E-state index in [9.17, 15) is 9.90 Å². The maximum absolute atomic E-state index is 10.9. The van der Waals surface area contributed by atoms with Crippen molar-refractivity contribution in [2.45, 2.75) is 69.9 Å².